The van der Waals surface area contributed by atoms with Crippen LogP contribution in [-0.2, 0) is 0 Å². The van der Waals surface area contributed by atoms with Gasteiger partial charge in [0, 0.05) is 6.04 Å². The molecule has 2 rings (SSSR count). The fourth-order valence-corrected chi connectivity index (χ4v) is 4.93. The largest absolute Gasteiger partial charge is 0.314 e. The van der Waals surface area contributed by atoms with Crippen molar-refractivity contribution in [3.8, 4) is 0 Å². The molecule has 5 atom stereocenters. The van der Waals surface area contributed by atoms with Gasteiger partial charge in [-0.2, -0.15) is 0 Å². The first-order chi connectivity index (χ1) is 9.30. The lowest BCUT2D eigenvalue weighted by atomic mass is 9.70. The maximum absolute atomic E-state index is 3.90. The lowest BCUT2D eigenvalue weighted by Gasteiger charge is -2.40. The molecule has 112 valence electrons. The van der Waals surface area contributed by atoms with Crippen molar-refractivity contribution in [1.82, 2.24) is 5.32 Å². The van der Waals surface area contributed by atoms with Crippen LogP contribution < -0.4 is 5.32 Å². The summed E-state index contributed by atoms with van der Waals surface area (Å²) >= 11 is 0. The van der Waals surface area contributed by atoms with Crippen molar-refractivity contribution >= 4 is 0 Å². The molecule has 2 saturated carbocycles. The van der Waals surface area contributed by atoms with Gasteiger partial charge in [-0.3, -0.25) is 0 Å². The second kappa shape index (κ2) is 7.67. The fraction of sp³-hybridized carbons (Fsp3) is 1.00. The van der Waals surface area contributed by atoms with Crippen molar-refractivity contribution in [2.45, 2.75) is 84.6 Å². The third-order valence-electron chi connectivity index (χ3n) is 6.06. The highest BCUT2D eigenvalue weighted by Crippen LogP contribution is 2.42. The Morgan fingerprint density at radius 3 is 2.37 bits per heavy atom. The third-order valence-corrected chi connectivity index (χ3v) is 6.06. The Kier molecular flexibility index (Phi) is 6.19. The SMILES string of the molecule is CCNC(C1CCC(CC)C1)C1CCCCC1CC. The minimum atomic E-state index is 0.826. The Hall–Kier alpha value is -0.0400. The van der Waals surface area contributed by atoms with E-state index in [1.54, 1.807) is 0 Å². The van der Waals surface area contributed by atoms with Crippen molar-refractivity contribution in [3.05, 3.63) is 0 Å². The van der Waals surface area contributed by atoms with Crippen molar-refractivity contribution in [2.75, 3.05) is 6.54 Å². The zero-order valence-corrected chi connectivity index (χ0v) is 13.5. The van der Waals surface area contributed by atoms with Gasteiger partial charge in [-0.15, -0.1) is 0 Å². The van der Waals surface area contributed by atoms with E-state index in [4.69, 9.17) is 0 Å². The molecule has 0 saturated heterocycles. The number of rotatable bonds is 6. The molecule has 0 spiro atoms. The minimum Gasteiger partial charge on any atom is -0.314 e. The zero-order valence-electron chi connectivity index (χ0n) is 13.5. The van der Waals surface area contributed by atoms with Crippen LogP contribution in [0.3, 0.4) is 0 Å². The molecule has 1 heteroatoms. The highest BCUT2D eigenvalue weighted by molar-refractivity contribution is 4.92. The van der Waals surface area contributed by atoms with E-state index in [-0.39, 0.29) is 0 Å². The molecule has 1 nitrogen and oxygen atoms in total. The smallest absolute Gasteiger partial charge is 0.0126 e. The highest BCUT2D eigenvalue weighted by atomic mass is 14.9. The summed E-state index contributed by atoms with van der Waals surface area (Å²) in [5.41, 5.74) is 0. The Morgan fingerprint density at radius 2 is 1.74 bits per heavy atom. The van der Waals surface area contributed by atoms with Gasteiger partial charge in [0.15, 0.2) is 0 Å². The van der Waals surface area contributed by atoms with E-state index >= 15 is 0 Å². The van der Waals surface area contributed by atoms with E-state index in [0.29, 0.717) is 0 Å². The Bertz CT molecular complexity index is 250. The van der Waals surface area contributed by atoms with Gasteiger partial charge in [-0.1, -0.05) is 59.3 Å². The van der Waals surface area contributed by atoms with Gasteiger partial charge >= 0.3 is 0 Å². The molecule has 0 aliphatic heterocycles. The Morgan fingerprint density at radius 1 is 0.947 bits per heavy atom. The molecule has 0 aromatic carbocycles. The zero-order chi connectivity index (χ0) is 13.7. The minimum absolute atomic E-state index is 0.826. The summed E-state index contributed by atoms with van der Waals surface area (Å²) in [5, 5.41) is 3.90. The first-order valence-corrected chi connectivity index (χ1v) is 9.03. The number of nitrogens with one attached hydrogen (secondary N) is 1. The van der Waals surface area contributed by atoms with Gasteiger partial charge in [-0.25, -0.2) is 0 Å². The molecule has 0 aromatic heterocycles. The Balaban J connectivity index is 2.01. The summed E-state index contributed by atoms with van der Waals surface area (Å²) in [4.78, 5) is 0. The Labute approximate surface area is 120 Å². The van der Waals surface area contributed by atoms with Crippen LogP contribution in [0.5, 0.6) is 0 Å². The molecule has 0 heterocycles. The van der Waals surface area contributed by atoms with Crippen LogP contribution in [0, 0.1) is 23.7 Å². The summed E-state index contributed by atoms with van der Waals surface area (Å²) < 4.78 is 0. The molecule has 2 aliphatic carbocycles. The van der Waals surface area contributed by atoms with Crippen LogP contribution in [0.4, 0.5) is 0 Å². The predicted molar refractivity (Wildman–Crippen MR) is 84.3 cm³/mol. The molecular weight excluding hydrogens is 230 g/mol. The van der Waals surface area contributed by atoms with Crippen LogP contribution in [0.15, 0.2) is 0 Å². The van der Waals surface area contributed by atoms with Gasteiger partial charge < -0.3 is 5.32 Å². The molecule has 0 amide bonds. The van der Waals surface area contributed by atoms with Crippen LogP contribution in [0.2, 0.25) is 0 Å². The molecule has 5 unspecified atom stereocenters. The van der Waals surface area contributed by atoms with Gasteiger partial charge in [0.25, 0.3) is 0 Å². The van der Waals surface area contributed by atoms with E-state index in [9.17, 15) is 0 Å². The van der Waals surface area contributed by atoms with Crippen LogP contribution in [0.25, 0.3) is 0 Å². The second-order valence-corrected chi connectivity index (χ2v) is 7.05. The lowest BCUT2D eigenvalue weighted by molar-refractivity contribution is 0.137. The topological polar surface area (TPSA) is 12.0 Å². The van der Waals surface area contributed by atoms with E-state index < -0.39 is 0 Å². The molecule has 0 radical (unpaired) electrons. The average Bonchev–Trinajstić information content (AvgIpc) is 2.93. The number of hydrogen-bond acceptors (Lipinski definition) is 1. The van der Waals surface area contributed by atoms with Crippen molar-refractivity contribution < 1.29 is 0 Å². The molecule has 2 fully saturated rings. The van der Waals surface area contributed by atoms with E-state index in [1.807, 2.05) is 0 Å². The van der Waals surface area contributed by atoms with Gasteiger partial charge in [0.2, 0.25) is 0 Å². The lowest BCUT2D eigenvalue weighted by Crippen LogP contribution is -2.45. The number of hydrogen-bond donors (Lipinski definition) is 1. The van der Waals surface area contributed by atoms with Gasteiger partial charge in [-0.05, 0) is 49.5 Å². The van der Waals surface area contributed by atoms with E-state index in [0.717, 1.165) is 36.3 Å². The quantitative estimate of drug-likeness (QED) is 0.712. The van der Waals surface area contributed by atoms with E-state index in [1.165, 1.54) is 57.8 Å². The normalized spacial score (nSPS) is 37.4. The highest BCUT2D eigenvalue weighted by Gasteiger charge is 2.37. The fourth-order valence-electron chi connectivity index (χ4n) is 4.93. The molecule has 0 bridgehead atoms. The maximum atomic E-state index is 3.90. The van der Waals surface area contributed by atoms with E-state index in [2.05, 4.69) is 26.1 Å². The molecule has 2 aliphatic rings. The third kappa shape index (κ3) is 3.74. The standard InChI is InChI=1S/C18H35N/c1-4-14-11-12-16(13-14)18(19-6-3)17-10-8-7-9-15(17)5-2/h14-19H,4-13H2,1-3H3. The summed E-state index contributed by atoms with van der Waals surface area (Å²) in [7, 11) is 0. The summed E-state index contributed by atoms with van der Waals surface area (Å²) in [6.45, 7) is 8.24. The van der Waals surface area contributed by atoms with Gasteiger partial charge in [0.1, 0.15) is 0 Å². The van der Waals surface area contributed by atoms with Crippen LogP contribution >= 0.6 is 0 Å². The molecule has 1 N–H and O–H groups in total. The van der Waals surface area contributed by atoms with Crippen molar-refractivity contribution in [1.29, 1.82) is 0 Å². The average molecular weight is 265 g/mol. The maximum Gasteiger partial charge on any atom is 0.0126 e. The summed E-state index contributed by atoms with van der Waals surface area (Å²) in [5.74, 6) is 3.97. The second-order valence-electron chi connectivity index (χ2n) is 7.05. The molecule has 0 aromatic rings. The van der Waals surface area contributed by atoms with Crippen LogP contribution in [-0.4, -0.2) is 12.6 Å². The van der Waals surface area contributed by atoms with Crippen molar-refractivity contribution in [2.24, 2.45) is 23.7 Å². The van der Waals surface area contributed by atoms with Crippen LogP contribution in [0.1, 0.15) is 78.6 Å². The summed E-state index contributed by atoms with van der Waals surface area (Å²) in [6.07, 6.45) is 13.2. The molecular formula is C18H35N. The summed E-state index contributed by atoms with van der Waals surface area (Å²) in [6, 6.07) is 0.826. The predicted octanol–water partition coefficient (Wildman–Crippen LogP) is 5.01. The first-order valence-electron chi connectivity index (χ1n) is 9.03. The van der Waals surface area contributed by atoms with Crippen molar-refractivity contribution in [3.63, 3.8) is 0 Å². The monoisotopic (exact) mass is 265 g/mol. The molecule has 19 heavy (non-hydrogen) atoms. The first kappa shape index (κ1) is 15.4. The van der Waals surface area contributed by atoms with Gasteiger partial charge in [0.05, 0.1) is 0 Å².